The standard InChI is InChI=1S/C52H57BrN6/c53-42-22-32-48(33-23-42)59-46-28-18-40(19-29-46)36-56-51-12-6-4-10-49(51)54-34-38-14-24-44(25-15-38)58(43-8-2-1-3-9-43)45-26-16-39(17-27-45)35-55-50-11-5-7-13-52(50)57-37-41-20-30-47(59)31-21-41/h1-3,8-9,14-33,49-52,54-57H,4-7,10-13,34-37H2/t49-,50-,51-,52-/m1/s1. The fourth-order valence-corrected chi connectivity index (χ4v) is 9.61. The smallest absolute Gasteiger partial charge is 0.0462 e. The van der Waals surface area contributed by atoms with Gasteiger partial charge in [0.2, 0.25) is 0 Å². The van der Waals surface area contributed by atoms with E-state index >= 15 is 0 Å². The molecule has 2 fully saturated rings. The minimum Gasteiger partial charge on any atom is -0.311 e. The molecule has 2 saturated carbocycles. The largest absolute Gasteiger partial charge is 0.311 e. The van der Waals surface area contributed by atoms with E-state index in [9.17, 15) is 0 Å². The molecule has 0 saturated heterocycles. The Bertz CT molecular complexity index is 2090. The second-order valence-corrected chi connectivity index (χ2v) is 17.6. The average molecular weight is 846 g/mol. The summed E-state index contributed by atoms with van der Waals surface area (Å²) in [6.07, 6.45) is 9.87. The van der Waals surface area contributed by atoms with Crippen LogP contribution in [-0.2, 0) is 26.2 Å². The third-order valence-corrected chi connectivity index (χ3v) is 13.2. The van der Waals surface area contributed by atoms with Crippen molar-refractivity contribution in [3.8, 4) is 0 Å². The van der Waals surface area contributed by atoms with E-state index in [0.29, 0.717) is 24.2 Å². The van der Waals surface area contributed by atoms with E-state index in [1.807, 2.05) is 0 Å². The fourth-order valence-electron chi connectivity index (χ4n) is 9.35. The van der Waals surface area contributed by atoms with Crippen LogP contribution in [0.4, 0.5) is 34.1 Å². The predicted molar refractivity (Wildman–Crippen MR) is 249 cm³/mol. The van der Waals surface area contributed by atoms with Gasteiger partial charge in [0.15, 0.2) is 0 Å². The van der Waals surface area contributed by atoms with Crippen LogP contribution in [0.5, 0.6) is 0 Å². The van der Waals surface area contributed by atoms with Crippen molar-refractivity contribution >= 4 is 50.1 Å². The summed E-state index contributed by atoms with van der Waals surface area (Å²) in [7, 11) is 0. The predicted octanol–water partition coefficient (Wildman–Crippen LogP) is 12.1. The molecule has 8 bridgehead atoms. The van der Waals surface area contributed by atoms with Gasteiger partial charge in [-0.25, -0.2) is 0 Å². The van der Waals surface area contributed by atoms with Crippen molar-refractivity contribution in [2.75, 3.05) is 9.80 Å². The highest BCUT2D eigenvalue weighted by Gasteiger charge is 2.26. The number of hydrogen-bond acceptors (Lipinski definition) is 6. The normalized spacial score (nSPS) is 21.8. The van der Waals surface area contributed by atoms with Crippen molar-refractivity contribution < 1.29 is 0 Å². The summed E-state index contributed by atoms with van der Waals surface area (Å²) in [5, 5.41) is 15.8. The molecule has 7 heterocycles. The molecule has 15 rings (SSSR count). The zero-order valence-electron chi connectivity index (χ0n) is 34.0. The number of rotatable bonds is 2. The van der Waals surface area contributed by atoms with Gasteiger partial charge < -0.3 is 31.1 Å². The van der Waals surface area contributed by atoms with Crippen molar-refractivity contribution in [3.63, 3.8) is 0 Å². The van der Waals surface area contributed by atoms with Crippen LogP contribution in [0.1, 0.15) is 73.6 Å². The first-order valence-corrected chi connectivity index (χ1v) is 22.6. The average Bonchev–Trinajstić information content (AvgIpc) is 3.29. The molecule has 4 N–H and O–H groups in total. The molecule has 9 aliphatic rings. The third-order valence-electron chi connectivity index (χ3n) is 12.7. The van der Waals surface area contributed by atoms with Crippen LogP contribution in [0.25, 0.3) is 0 Å². The van der Waals surface area contributed by atoms with Gasteiger partial charge >= 0.3 is 0 Å². The quantitative estimate of drug-likeness (QED) is 0.139. The lowest BCUT2D eigenvalue weighted by Gasteiger charge is -2.33. The Balaban J connectivity index is 0.997. The Morgan fingerprint density at radius 1 is 0.322 bits per heavy atom. The van der Waals surface area contributed by atoms with Gasteiger partial charge in [0.25, 0.3) is 0 Å². The Morgan fingerprint density at radius 3 is 0.864 bits per heavy atom. The lowest BCUT2D eigenvalue weighted by Crippen LogP contribution is -2.49. The van der Waals surface area contributed by atoms with Crippen LogP contribution in [0.3, 0.4) is 0 Å². The van der Waals surface area contributed by atoms with Crippen LogP contribution in [0.15, 0.2) is 156 Å². The minimum atomic E-state index is 0.436. The number of nitrogens with zero attached hydrogens (tertiary/aromatic N) is 2. The molecule has 0 amide bonds. The molecule has 0 radical (unpaired) electrons. The van der Waals surface area contributed by atoms with E-state index in [2.05, 4.69) is 199 Å². The van der Waals surface area contributed by atoms with Gasteiger partial charge in [-0.05, 0) is 133 Å². The van der Waals surface area contributed by atoms with Crippen molar-refractivity contribution in [1.82, 2.24) is 21.3 Å². The van der Waals surface area contributed by atoms with Gasteiger partial charge in [0.1, 0.15) is 0 Å². The number of halogens is 1. The van der Waals surface area contributed by atoms with E-state index in [0.717, 1.165) is 53.4 Å². The Hall–Kier alpha value is -4.76. The van der Waals surface area contributed by atoms with Gasteiger partial charge in [-0.3, -0.25) is 0 Å². The molecule has 59 heavy (non-hydrogen) atoms. The molecule has 4 atom stereocenters. The summed E-state index contributed by atoms with van der Waals surface area (Å²) >= 11 is 3.65. The van der Waals surface area contributed by atoms with Gasteiger partial charge in [0.05, 0.1) is 0 Å². The van der Waals surface area contributed by atoms with Crippen LogP contribution in [0.2, 0.25) is 0 Å². The summed E-state index contributed by atoms with van der Waals surface area (Å²) in [5.74, 6) is 0. The molecule has 0 unspecified atom stereocenters. The number of nitrogens with one attached hydrogen (secondary N) is 4. The molecule has 7 heteroatoms. The molecule has 0 spiro atoms. The Labute approximate surface area is 359 Å². The summed E-state index contributed by atoms with van der Waals surface area (Å²) in [4.78, 5) is 4.73. The van der Waals surface area contributed by atoms with Gasteiger partial charge in [-0.2, -0.15) is 0 Å². The molecular formula is C52H57BrN6. The molecule has 6 aromatic rings. The van der Waals surface area contributed by atoms with Gasteiger partial charge in [-0.1, -0.05) is 108 Å². The lowest BCUT2D eigenvalue weighted by molar-refractivity contribution is 0.281. The maximum Gasteiger partial charge on any atom is 0.0462 e. The van der Waals surface area contributed by atoms with E-state index in [1.54, 1.807) is 0 Å². The number of anilines is 6. The van der Waals surface area contributed by atoms with Crippen molar-refractivity contribution in [1.29, 1.82) is 0 Å². The maximum absolute atomic E-state index is 3.96. The minimum absolute atomic E-state index is 0.436. The van der Waals surface area contributed by atoms with Crippen molar-refractivity contribution in [2.45, 2.75) is 102 Å². The molecule has 6 aromatic carbocycles. The Morgan fingerprint density at radius 2 is 0.576 bits per heavy atom. The van der Waals surface area contributed by atoms with Crippen LogP contribution in [0, 0.1) is 0 Å². The molecular weight excluding hydrogens is 789 g/mol. The molecule has 7 aliphatic heterocycles. The van der Waals surface area contributed by atoms with E-state index in [4.69, 9.17) is 0 Å². The first kappa shape index (κ1) is 39.7. The first-order valence-electron chi connectivity index (χ1n) is 21.8. The summed E-state index contributed by atoms with van der Waals surface area (Å²) in [6, 6.07) is 57.7. The monoisotopic (exact) mass is 844 g/mol. The zero-order valence-corrected chi connectivity index (χ0v) is 35.6. The lowest BCUT2D eigenvalue weighted by atomic mass is 9.90. The summed E-state index contributed by atoms with van der Waals surface area (Å²) < 4.78 is 1.08. The molecule has 6 nitrogen and oxygen atoms in total. The van der Waals surface area contributed by atoms with Crippen LogP contribution in [-0.4, -0.2) is 24.2 Å². The van der Waals surface area contributed by atoms with Crippen LogP contribution < -0.4 is 31.1 Å². The highest BCUT2D eigenvalue weighted by Crippen LogP contribution is 2.37. The molecule has 0 aromatic heterocycles. The Kier molecular flexibility index (Phi) is 12.8. The van der Waals surface area contributed by atoms with E-state index in [1.165, 1.54) is 85.0 Å². The highest BCUT2D eigenvalue weighted by atomic mass is 79.9. The van der Waals surface area contributed by atoms with Crippen molar-refractivity contribution in [3.05, 3.63) is 178 Å². The maximum atomic E-state index is 3.96. The summed E-state index contributed by atoms with van der Waals surface area (Å²) in [6.45, 7) is 3.42. The summed E-state index contributed by atoms with van der Waals surface area (Å²) in [5.41, 5.74) is 12.2. The topological polar surface area (TPSA) is 54.6 Å². The second-order valence-electron chi connectivity index (χ2n) is 16.7. The number of benzene rings is 6. The zero-order chi connectivity index (χ0) is 39.8. The van der Waals surface area contributed by atoms with Gasteiger partial charge in [-0.15, -0.1) is 0 Å². The first-order chi connectivity index (χ1) is 29.1. The van der Waals surface area contributed by atoms with Crippen LogP contribution >= 0.6 is 15.9 Å². The second kappa shape index (κ2) is 19.1. The van der Waals surface area contributed by atoms with E-state index in [-0.39, 0.29) is 0 Å². The van der Waals surface area contributed by atoms with E-state index < -0.39 is 0 Å². The number of hydrogen-bond donors (Lipinski definition) is 4. The number of para-hydroxylation sites is 1. The third kappa shape index (κ3) is 9.83. The van der Waals surface area contributed by atoms with Crippen molar-refractivity contribution in [2.24, 2.45) is 0 Å². The van der Waals surface area contributed by atoms with Gasteiger partial charge in [0, 0.05) is 88.9 Å². The fraction of sp³-hybridized carbons (Fsp3) is 0.308. The molecule has 2 aliphatic carbocycles. The SMILES string of the molecule is Brc1ccc(N2c3ccc(cc3)CN[C@@H]3CCCC[C@H]3NCc3ccc(cc3)N(c3ccccc3)c3ccc(cc3)CN[C@@H]3CCCC[C@H]3NCc3ccc2cc3)cc1. The molecule has 302 valence electrons. The highest BCUT2D eigenvalue weighted by molar-refractivity contribution is 9.10.